The fraction of sp³-hybridized carbons (Fsp3) is 0.182. The Labute approximate surface area is 91.8 Å². The van der Waals surface area contributed by atoms with Gasteiger partial charge in [0.15, 0.2) is 0 Å². The van der Waals surface area contributed by atoms with Crippen LogP contribution in [0.5, 0.6) is 0 Å². The molecule has 1 aromatic carbocycles. The van der Waals surface area contributed by atoms with E-state index in [9.17, 15) is 0 Å². The first-order valence-corrected chi connectivity index (χ1v) is 5.34. The van der Waals surface area contributed by atoms with Crippen molar-refractivity contribution < 1.29 is 0 Å². The van der Waals surface area contributed by atoms with E-state index in [2.05, 4.69) is 33.4 Å². The van der Waals surface area contributed by atoms with E-state index in [1.165, 1.54) is 0 Å². The maximum absolute atomic E-state index is 4.12. The van der Waals surface area contributed by atoms with Gasteiger partial charge in [0.05, 0.1) is 11.4 Å². The Morgan fingerprint density at radius 3 is 2.50 bits per heavy atom. The average Bonchev–Trinajstić information content (AvgIpc) is 2.67. The van der Waals surface area contributed by atoms with Gasteiger partial charge >= 0.3 is 0 Å². The van der Waals surface area contributed by atoms with Crippen LogP contribution in [0.3, 0.4) is 0 Å². The number of rotatable bonds is 2. The highest BCUT2D eigenvalue weighted by molar-refractivity contribution is 9.10. The summed E-state index contributed by atoms with van der Waals surface area (Å²) in [6.07, 6.45) is 2.97. The first kappa shape index (κ1) is 9.46. The molecule has 1 radical (unpaired) electrons. The van der Waals surface area contributed by atoms with Crippen LogP contribution in [0.1, 0.15) is 18.9 Å². The predicted molar refractivity (Wildman–Crippen MR) is 61.2 cm³/mol. The van der Waals surface area contributed by atoms with E-state index in [-0.39, 0.29) is 0 Å². The minimum absolute atomic E-state index is 0.934. The predicted octanol–water partition coefficient (Wildman–Crippen LogP) is 3.07. The molecule has 71 valence electrons. The summed E-state index contributed by atoms with van der Waals surface area (Å²) >= 11 is 3.40. The van der Waals surface area contributed by atoms with E-state index in [0.717, 1.165) is 27.9 Å². The third-order valence-electron chi connectivity index (χ3n) is 2.09. The molecule has 1 heterocycles. The highest BCUT2D eigenvalue weighted by Gasteiger charge is 2.09. The molecule has 0 bridgehead atoms. The highest BCUT2D eigenvalue weighted by Crippen LogP contribution is 2.15. The lowest BCUT2D eigenvalue weighted by Gasteiger charge is -1.96. The Morgan fingerprint density at radius 2 is 1.93 bits per heavy atom. The second-order valence-corrected chi connectivity index (χ2v) is 4.00. The molecule has 0 aliphatic carbocycles. The number of hydrogen-bond acceptors (Lipinski definition) is 1. The van der Waals surface area contributed by atoms with Crippen molar-refractivity contribution in [3.63, 3.8) is 0 Å². The van der Waals surface area contributed by atoms with E-state index in [4.69, 9.17) is 0 Å². The molecule has 0 N–H and O–H groups in total. The summed E-state index contributed by atoms with van der Waals surface area (Å²) < 4.78 is 1.08. The molecule has 0 unspecified atom stereocenters. The van der Waals surface area contributed by atoms with Gasteiger partial charge in [-0.2, -0.15) is 10.5 Å². The Balaban J connectivity index is 2.25. The van der Waals surface area contributed by atoms with Crippen molar-refractivity contribution in [3.8, 4) is 0 Å². The van der Waals surface area contributed by atoms with Gasteiger partial charge in [-0.15, -0.1) is 0 Å². The third kappa shape index (κ3) is 1.87. The van der Waals surface area contributed by atoms with Crippen molar-refractivity contribution in [2.24, 2.45) is 5.10 Å². The summed E-state index contributed by atoms with van der Waals surface area (Å²) in [5.74, 6) is 0. The van der Waals surface area contributed by atoms with Gasteiger partial charge in [-0.3, -0.25) is 0 Å². The Kier molecular flexibility index (Phi) is 2.68. The minimum Gasteiger partial charge on any atom is -0.155 e. The van der Waals surface area contributed by atoms with Crippen LogP contribution in [0, 0.1) is 0 Å². The molecule has 14 heavy (non-hydrogen) atoms. The van der Waals surface area contributed by atoms with Gasteiger partial charge in [-0.1, -0.05) is 35.0 Å². The zero-order valence-electron chi connectivity index (χ0n) is 7.87. The largest absolute Gasteiger partial charge is 0.155 e. The summed E-state index contributed by atoms with van der Waals surface area (Å²) in [6, 6.07) is 8.09. The van der Waals surface area contributed by atoms with Gasteiger partial charge in [-0.25, -0.2) is 0 Å². The Bertz CT molecular complexity index is 390. The topological polar surface area (TPSA) is 26.5 Å². The van der Waals surface area contributed by atoms with Crippen LogP contribution >= 0.6 is 15.9 Å². The van der Waals surface area contributed by atoms with Crippen molar-refractivity contribution in [2.45, 2.75) is 13.3 Å². The summed E-state index contributed by atoms with van der Waals surface area (Å²) in [5, 5.41) is 4.12. The van der Waals surface area contributed by atoms with E-state index in [0.29, 0.717) is 0 Å². The van der Waals surface area contributed by atoms with Gasteiger partial charge in [-0.05, 0) is 24.6 Å². The third-order valence-corrected chi connectivity index (χ3v) is 2.62. The van der Waals surface area contributed by atoms with E-state index >= 15 is 0 Å². The zero-order valence-corrected chi connectivity index (χ0v) is 9.45. The number of nitrogens with zero attached hydrogens (tertiary/aromatic N) is 2. The Hall–Kier alpha value is -1.09. The highest BCUT2D eigenvalue weighted by atomic mass is 79.9. The fourth-order valence-corrected chi connectivity index (χ4v) is 1.53. The number of allylic oxidation sites excluding steroid dienone is 2. The van der Waals surface area contributed by atoms with Gasteiger partial charge in [0.1, 0.15) is 0 Å². The molecule has 3 heteroatoms. The van der Waals surface area contributed by atoms with Crippen molar-refractivity contribution in [1.82, 2.24) is 5.43 Å². The number of hydrogen-bond donors (Lipinski definition) is 0. The molecule has 1 aromatic rings. The van der Waals surface area contributed by atoms with Crippen molar-refractivity contribution in [3.05, 3.63) is 46.1 Å². The van der Waals surface area contributed by atoms with Gasteiger partial charge in [0.25, 0.3) is 0 Å². The zero-order chi connectivity index (χ0) is 9.97. The first-order valence-electron chi connectivity index (χ1n) is 4.55. The van der Waals surface area contributed by atoms with E-state index < -0.39 is 0 Å². The number of benzene rings is 1. The molecule has 0 saturated heterocycles. The van der Waals surface area contributed by atoms with Crippen LogP contribution in [-0.4, -0.2) is 5.71 Å². The standard InChI is InChI=1S/C11H10BrN2/c1-2-10-7-11(14-13-10)8-3-5-9(12)6-4-8/h3-7H,2H2,1H3. The second kappa shape index (κ2) is 3.96. The van der Waals surface area contributed by atoms with Crippen molar-refractivity contribution in [1.29, 1.82) is 0 Å². The van der Waals surface area contributed by atoms with Gasteiger partial charge in [0, 0.05) is 10.0 Å². The maximum Gasteiger partial charge on any atom is 0.0947 e. The fourth-order valence-electron chi connectivity index (χ4n) is 1.27. The normalized spacial score (nSPS) is 14.7. The Morgan fingerprint density at radius 1 is 1.21 bits per heavy atom. The molecule has 1 aliphatic rings. The summed E-state index contributed by atoms with van der Waals surface area (Å²) in [5.41, 5.74) is 7.18. The second-order valence-electron chi connectivity index (χ2n) is 3.08. The average molecular weight is 250 g/mol. The molecule has 1 aliphatic heterocycles. The van der Waals surface area contributed by atoms with Crippen LogP contribution in [-0.2, 0) is 0 Å². The molecular weight excluding hydrogens is 240 g/mol. The molecule has 0 atom stereocenters. The molecule has 0 spiro atoms. The van der Waals surface area contributed by atoms with Crippen LogP contribution < -0.4 is 5.43 Å². The lowest BCUT2D eigenvalue weighted by molar-refractivity contribution is 0.837. The van der Waals surface area contributed by atoms with Crippen molar-refractivity contribution >= 4 is 21.6 Å². The smallest absolute Gasteiger partial charge is 0.0947 e. The van der Waals surface area contributed by atoms with Gasteiger partial charge in [0.2, 0.25) is 0 Å². The van der Waals surface area contributed by atoms with Crippen LogP contribution in [0.2, 0.25) is 0 Å². The molecular formula is C11H10BrN2. The summed E-state index contributed by atoms with van der Waals surface area (Å²) in [7, 11) is 0. The SMILES string of the molecule is CCC1=CC(c2ccc(Br)cc2)=N[N]1. The molecule has 2 nitrogen and oxygen atoms in total. The lowest BCUT2D eigenvalue weighted by atomic mass is 10.1. The lowest BCUT2D eigenvalue weighted by Crippen LogP contribution is -1.93. The van der Waals surface area contributed by atoms with Crippen molar-refractivity contribution in [2.75, 3.05) is 0 Å². The number of halogens is 1. The van der Waals surface area contributed by atoms with Gasteiger partial charge < -0.3 is 0 Å². The van der Waals surface area contributed by atoms with Crippen LogP contribution in [0.25, 0.3) is 0 Å². The minimum atomic E-state index is 0.934. The molecule has 0 saturated carbocycles. The van der Waals surface area contributed by atoms with Crippen LogP contribution in [0.4, 0.5) is 0 Å². The molecule has 0 fully saturated rings. The summed E-state index contributed by atoms with van der Waals surface area (Å²) in [4.78, 5) is 0. The van der Waals surface area contributed by atoms with Crippen LogP contribution in [0.15, 0.2) is 45.6 Å². The maximum atomic E-state index is 4.12. The molecule has 0 aromatic heterocycles. The monoisotopic (exact) mass is 249 g/mol. The molecule has 0 amide bonds. The quantitative estimate of drug-likeness (QED) is 0.771. The summed E-state index contributed by atoms with van der Waals surface area (Å²) in [6.45, 7) is 2.08. The molecule has 2 rings (SSSR count). The van der Waals surface area contributed by atoms with E-state index in [1.54, 1.807) is 0 Å². The van der Waals surface area contributed by atoms with E-state index in [1.807, 2.05) is 30.3 Å². The first-order chi connectivity index (χ1) is 6.79.